The first-order valence-electron chi connectivity index (χ1n) is 8.64. The largest absolute Gasteiger partial charge is 0.488 e. The monoisotopic (exact) mass is 445 g/mol. The third kappa shape index (κ3) is 5.44. The van der Waals surface area contributed by atoms with E-state index in [4.69, 9.17) is 45.9 Å². The van der Waals surface area contributed by atoms with E-state index in [9.17, 15) is 4.79 Å². The summed E-state index contributed by atoms with van der Waals surface area (Å²) in [5, 5.41) is 5.89. The Balaban J connectivity index is 1.76. The van der Waals surface area contributed by atoms with Crippen molar-refractivity contribution in [2.75, 3.05) is 5.32 Å². The summed E-state index contributed by atoms with van der Waals surface area (Å²) in [6, 6.07) is 11.1. The summed E-state index contributed by atoms with van der Waals surface area (Å²) in [7, 11) is 0. The first-order valence-corrected chi connectivity index (χ1v) is 9.80. The van der Waals surface area contributed by atoms with Crippen LogP contribution in [0.25, 0.3) is 10.8 Å². The zero-order valence-corrected chi connectivity index (χ0v) is 17.5. The Bertz CT molecular complexity index is 1100. The van der Waals surface area contributed by atoms with E-state index in [1.54, 1.807) is 30.6 Å². The second kappa shape index (κ2) is 9.69. The van der Waals surface area contributed by atoms with Crippen molar-refractivity contribution >= 4 is 62.8 Å². The average molecular weight is 446 g/mol. The van der Waals surface area contributed by atoms with E-state index >= 15 is 0 Å². The molecular formula is C21H17Cl2N3O2S. The second-order valence-corrected chi connectivity index (χ2v) is 7.36. The van der Waals surface area contributed by atoms with Crippen LogP contribution in [0.5, 0.6) is 5.75 Å². The molecule has 0 spiro atoms. The van der Waals surface area contributed by atoms with Gasteiger partial charge in [0.1, 0.15) is 12.4 Å². The smallest absolute Gasteiger partial charge is 0.241 e. The lowest BCUT2D eigenvalue weighted by atomic mass is 10.1. The molecule has 1 aromatic heterocycles. The van der Waals surface area contributed by atoms with Crippen LogP contribution in [0, 0.1) is 0 Å². The fourth-order valence-electron chi connectivity index (χ4n) is 2.68. The van der Waals surface area contributed by atoms with E-state index in [0.717, 1.165) is 10.8 Å². The Morgan fingerprint density at radius 3 is 2.86 bits per heavy atom. The molecule has 0 bridgehead atoms. The standard InChI is InChI=1S/C21H17Cl2N3O2S/c22-16-7-8-17(26-20(29)6-2-5-19(24)27)21(23)15(16)12-28-18-4-1-3-13-11-25-10-9-14(13)18/h1-5,7-11H,6,12H2,(H2,24,27)(H,26,29). The van der Waals surface area contributed by atoms with Crippen LogP contribution in [-0.4, -0.2) is 15.9 Å². The van der Waals surface area contributed by atoms with E-state index in [1.807, 2.05) is 24.3 Å². The Labute approximate surface area is 183 Å². The summed E-state index contributed by atoms with van der Waals surface area (Å²) in [5.41, 5.74) is 6.31. The topological polar surface area (TPSA) is 77.2 Å². The number of fused-ring (bicyclic) bond motifs is 1. The van der Waals surface area contributed by atoms with Gasteiger partial charge >= 0.3 is 0 Å². The number of benzene rings is 2. The van der Waals surface area contributed by atoms with Crippen LogP contribution in [0.1, 0.15) is 12.0 Å². The molecule has 0 radical (unpaired) electrons. The number of hydrogen-bond acceptors (Lipinski definition) is 4. The predicted molar refractivity (Wildman–Crippen MR) is 122 cm³/mol. The van der Waals surface area contributed by atoms with Crippen molar-refractivity contribution in [3.8, 4) is 5.75 Å². The van der Waals surface area contributed by atoms with Gasteiger partial charge in [-0.2, -0.15) is 0 Å². The quantitative estimate of drug-likeness (QED) is 0.381. The number of pyridine rings is 1. The molecule has 3 N–H and O–H groups in total. The molecule has 1 heterocycles. The number of carbonyl (C=O) groups is 1. The van der Waals surface area contributed by atoms with Gasteiger partial charge < -0.3 is 15.8 Å². The van der Waals surface area contributed by atoms with E-state index < -0.39 is 5.91 Å². The van der Waals surface area contributed by atoms with Crippen molar-refractivity contribution in [3.63, 3.8) is 0 Å². The highest BCUT2D eigenvalue weighted by molar-refractivity contribution is 7.80. The summed E-state index contributed by atoms with van der Waals surface area (Å²) in [6.45, 7) is 0.183. The molecule has 0 atom stereocenters. The summed E-state index contributed by atoms with van der Waals surface area (Å²) >= 11 is 18.2. The van der Waals surface area contributed by atoms with Crippen LogP contribution in [-0.2, 0) is 11.4 Å². The first-order chi connectivity index (χ1) is 14.0. The van der Waals surface area contributed by atoms with Crippen molar-refractivity contribution in [3.05, 3.63) is 76.6 Å². The Kier molecular flexibility index (Phi) is 7.04. The number of rotatable bonds is 7. The lowest BCUT2D eigenvalue weighted by Gasteiger charge is -2.15. The lowest BCUT2D eigenvalue weighted by molar-refractivity contribution is -0.113. The number of halogens is 2. The van der Waals surface area contributed by atoms with Gasteiger partial charge in [0.05, 0.1) is 15.7 Å². The van der Waals surface area contributed by atoms with E-state index in [0.29, 0.717) is 38.5 Å². The molecule has 0 saturated carbocycles. The van der Waals surface area contributed by atoms with E-state index in [1.165, 1.54) is 6.08 Å². The average Bonchev–Trinajstić information content (AvgIpc) is 2.70. The summed E-state index contributed by atoms with van der Waals surface area (Å²) in [6.07, 6.45) is 6.69. The van der Waals surface area contributed by atoms with Gasteiger partial charge in [-0.1, -0.05) is 53.6 Å². The molecule has 3 aromatic rings. The van der Waals surface area contributed by atoms with Gasteiger partial charge in [0.25, 0.3) is 0 Å². The molecule has 0 fully saturated rings. The highest BCUT2D eigenvalue weighted by atomic mass is 35.5. The molecule has 29 heavy (non-hydrogen) atoms. The van der Waals surface area contributed by atoms with Crippen LogP contribution in [0.4, 0.5) is 5.69 Å². The van der Waals surface area contributed by atoms with Crippen LogP contribution >= 0.6 is 35.4 Å². The number of ether oxygens (including phenoxy) is 1. The van der Waals surface area contributed by atoms with Gasteiger partial charge in [-0.15, -0.1) is 0 Å². The number of carbonyl (C=O) groups excluding carboxylic acids is 1. The Hall–Kier alpha value is -2.67. The second-order valence-electron chi connectivity index (χ2n) is 6.09. The zero-order chi connectivity index (χ0) is 20.8. The van der Waals surface area contributed by atoms with Gasteiger partial charge in [0.15, 0.2) is 0 Å². The fourth-order valence-corrected chi connectivity index (χ4v) is 3.41. The van der Waals surface area contributed by atoms with Gasteiger partial charge in [-0.3, -0.25) is 9.78 Å². The first kappa shape index (κ1) is 21.0. The molecule has 0 saturated heterocycles. The van der Waals surface area contributed by atoms with Gasteiger partial charge in [0.2, 0.25) is 5.91 Å². The minimum atomic E-state index is -0.527. The van der Waals surface area contributed by atoms with Crippen molar-refractivity contribution in [1.29, 1.82) is 0 Å². The molecule has 2 aromatic carbocycles. The zero-order valence-electron chi connectivity index (χ0n) is 15.2. The van der Waals surface area contributed by atoms with Crippen molar-refractivity contribution in [1.82, 2.24) is 4.98 Å². The summed E-state index contributed by atoms with van der Waals surface area (Å²) < 4.78 is 6.00. The van der Waals surface area contributed by atoms with Crippen LogP contribution in [0.3, 0.4) is 0 Å². The minimum Gasteiger partial charge on any atom is -0.488 e. The highest BCUT2D eigenvalue weighted by Gasteiger charge is 2.13. The fraction of sp³-hybridized carbons (Fsp3) is 0.0952. The molecule has 0 aliphatic heterocycles. The molecule has 0 aliphatic rings. The minimum absolute atomic E-state index is 0.183. The maximum absolute atomic E-state index is 10.8. The molecule has 0 unspecified atom stereocenters. The molecule has 0 aliphatic carbocycles. The maximum Gasteiger partial charge on any atom is 0.241 e. The SMILES string of the molecule is NC(=O)C=CCC(=S)Nc1ccc(Cl)c(COc2cccc3cnccc23)c1Cl. The van der Waals surface area contributed by atoms with E-state index in [2.05, 4.69) is 10.3 Å². The number of nitrogens with zero attached hydrogens (tertiary/aromatic N) is 1. The maximum atomic E-state index is 10.8. The number of primary amides is 1. The summed E-state index contributed by atoms with van der Waals surface area (Å²) in [5.74, 6) is 0.184. The molecule has 3 rings (SSSR count). The van der Waals surface area contributed by atoms with Crippen molar-refractivity contribution < 1.29 is 9.53 Å². The third-order valence-electron chi connectivity index (χ3n) is 4.06. The number of hydrogen-bond donors (Lipinski definition) is 2. The molecule has 5 nitrogen and oxygen atoms in total. The Morgan fingerprint density at radius 2 is 2.07 bits per heavy atom. The number of nitrogens with two attached hydrogens (primary N) is 1. The normalized spacial score (nSPS) is 11.0. The van der Waals surface area contributed by atoms with Crippen molar-refractivity contribution in [2.45, 2.75) is 13.0 Å². The van der Waals surface area contributed by atoms with Crippen molar-refractivity contribution in [2.24, 2.45) is 5.73 Å². The third-order valence-corrected chi connectivity index (χ3v) is 5.11. The molecule has 8 heteroatoms. The number of nitrogens with one attached hydrogen (secondary N) is 1. The molecule has 1 amide bonds. The number of amides is 1. The van der Waals surface area contributed by atoms with Gasteiger partial charge in [-0.05, 0) is 30.3 Å². The Morgan fingerprint density at radius 1 is 1.24 bits per heavy atom. The summed E-state index contributed by atoms with van der Waals surface area (Å²) in [4.78, 5) is 15.4. The van der Waals surface area contributed by atoms with Crippen LogP contribution in [0.15, 0.2) is 60.9 Å². The highest BCUT2D eigenvalue weighted by Crippen LogP contribution is 2.34. The van der Waals surface area contributed by atoms with Crippen LogP contribution < -0.4 is 15.8 Å². The van der Waals surface area contributed by atoms with Gasteiger partial charge in [-0.25, -0.2) is 0 Å². The lowest BCUT2D eigenvalue weighted by Crippen LogP contribution is -2.10. The number of aromatic nitrogens is 1. The predicted octanol–water partition coefficient (Wildman–Crippen LogP) is 5.29. The number of thiocarbonyl (C=S) groups is 1. The van der Waals surface area contributed by atoms with Crippen LogP contribution in [0.2, 0.25) is 10.0 Å². The molecular weight excluding hydrogens is 429 g/mol. The number of anilines is 1. The van der Waals surface area contributed by atoms with Gasteiger partial charge in [0, 0.05) is 40.2 Å². The molecule has 148 valence electrons. The van der Waals surface area contributed by atoms with E-state index in [-0.39, 0.29) is 6.61 Å².